The number of ether oxygens (including phenoxy) is 1. The van der Waals surface area contributed by atoms with E-state index < -0.39 is 38.8 Å². The largest absolute Gasteiger partial charge is 0.469 e. The number of aliphatic hydroxyl groups excluding tert-OH is 2. The Morgan fingerprint density at radius 1 is 1.20 bits per heavy atom. The lowest BCUT2D eigenvalue weighted by Crippen LogP contribution is -2.33. The first-order chi connectivity index (χ1) is 14.3. The summed E-state index contributed by atoms with van der Waals surface area (Å²) in [5.74, 6) is 0.719. The van der Waals surface area contributed by atoms with Crippen molar-refractivity contribution in [2.24, 2.45) is 0 Å². The number of rotatable bonds is 7. The number of hydrogen-bond donors (Lipinski definition) is 5. The van der Waals surface area contributed by atoms with Gasteiger partial charge in [-0.2, -0.15) is 0 Å². The average Bonchev–Trinajstić information content (AvgIpc) is 3.42. The minimum Gasteiger partial charge on any atom is -0.387 e. The third-order valence-electron chi connectivity index (χ3n) is 4.63. The summed E-state index contributed by atoms with van der Waals surface area (Å²) in [6.07, 6.45) is -1.64. The third-order valence-corrected chi connectivity index (χ3v) is 5.11. The zero-order chi connectivity index (χ0) is 21.3. The molecule has 1 saturated heterocycles. The van der Waals surface area contributed by atoms with Gasteiger partial charge in [0.1, 0.15) is 35.9 Å². The molecule has 1 aliphatic heterocycles. The summed E-state index contributed by atoms with van der Waals surface area (Å²) in [4.78, 5) is 25.1. The zero-order valence-corrected chi connectivity index (χ0v) is 16.4. The first-order valence-electron chi connectivity index (χ1n) is 9.01. The molecule has 0 bridgehead atoms. The van der Waals surface area contributed by atoms with Crippen molar-refractivity contribution in [2.75, 3.05) is 6.61 Å². The van der Waals surface area contributed by atoms with Crippen LogP contribution in [0.4, 0.5) is 0 Å². The number of aliphatic hydroxyl groups is 2. The summed E-state index contributed by atoms with van der Waals surface area (Å²) in [6, 6.07) is 9.63. The molecule has 1 aliphatic rings. The molecule has 1 aromatic carbocycles. The summed E-state index contributed by atoms with van der Waals surface area (Å²) in [7, 11) is -4.73. The molecular weight excluding hydrogens is 417 g/mol. The molecule has 160 valence electrons. The van der Waals surface area contributed by atoms with E-state index in [1.807, 2.05) is 30.3 Å². The molecular formula is C17H20N5O7P. The Kier molecular flexibility index (Phi) is 5.80. The summed E-state index contributed by atoms with van der Waals surface area (Å²) in [5, 5.41) is 28.3. The molecule has 0 spiro atoms. The molecule has 0 radical (unpaired) electrons. The first-order valence-corrected chi connectivity index (χ1v) is 10.5. The maximum atomic E-state index is 10.8. The molecule has 3 heterocycles. The maximum Gasteiger partial charge on any atom is 0.469 e. The molecule has 5 N–H and O–H groups in total. The van der Waals surface area contributed by atoms with Crippen LogP contribution >= 0.6 is 7.82 Å². The van der Waals surface area contributed by atoms with Gasteiger partial charge in [0, 0.05) is 5.56 Å². The number of aromatic nitrogens is 5. The Hall–Kier alpha value is -2.44. The van der Waals surface area contributed by atoms with Crippen LogP contribution in [0.15, 0.2) is 42.7 Å². The predicted molar refractivity (Wildman–Crippen MR) is 101 cm³/mol. The number of nitrogens with zero attached hydrogens (tertiary/aromatic N) is 4. The van der Waals surface area contributed by atoms with E-state index >= 15 is 0 Å². The molecule has 3 aromatic rings. The quantitative estimate of drug-likeness (QED) is 0.316. The second-order valence-electron chi connectivity index (χ2n) is 6.83. The number of phosphoric ester groups is 1. The van der Waals surface area contributed by atoms with Gasteiger partial charge < -0.3 is 29.7 Å². The highest BCUT2D eigenvalue weighted by Crippen LogP contribution is 2.39. The molecule has 0 unspecified atom stereocenters. The van der Waals surface area contributed by atoms with Crippen LogP contribution in [0.3, 0.4) is 0 Å². The van der Waals surface area contributed by atoms with E-state index in [2.05, 4.69) is 24.8 Å². The number of phosphoric acid groups is 1. The zero-order valence-electron chi connectivity index (χ0n) is 15.5. The van der Waals surface area contributed by atoms with Gasteiger partial charge >= 0.3 is 7.82 Å². The number of imidazole rings is 1. The number of nitrogens with one attached hydrogen (secondary N) is 1. The van der Waals surface area contributed by atoms with Gasteiger partial charge in [-0.05, 0) is 0 Å². The Bertz CT molecular complexity index is 1040. The number of benzene rings is 1. The van der Waals surface area contributed by atoms with Gasteiger partial charge in [0.2, 0.25) is 0 Å². The van der Waals surface area contributed by atoms with Crippen LogP contribution in [0.1, 0.15) is 17.5 Å². The van der Waals surface area contributed by atoms with Crippen molar-refractivity contribution in [1.29, 1.82) is 0 Å². The topological polar surface area (TPSA) is 176 Å². The Labute approximate surface area is 170 Å². The van der Waals surface area contributed by atoms with Crippen molar-refractivity contribution in [1.82, 2.24) is 25.0 Å². The fourth-order valence-corrected chi connectivity index (χ4v) is 3.52. The fraction of sp³-hybridized carbons (Fsp3) is 0.353. The smallest absolute Gasteiger partial charge is 0.387 e. The van der Waals surface area contributed by atoms with E-state index in [-0.39, 0.29) is 5.69 Å². The third kappa shape index (κ3) is 4.65. The van der Waals surface area contributed by atoms with E-state index in [4.69, 9.17) is 14.5 Å². The first kappa shape index (κ1) is 20.8. The van der Waals surface area contributed by atoms with Crippen LogP contribution in [0.5, 0.6) is 0 Å². The molecule has 0 amide bonds. The minimum atomic E-state index is -4.73. The highest BCUT2D eigenvalue weighted by atomic mass is 31.2. The molecule has 2 aromatic heterocycles. The van der Waals surface area contributed by atoms with Crippen LogP contribution in [0, 0.1) is 0 Å². The average molecular weight is 437 g/mol. The molecule has 1 fully saturated rings. The summed E-state index contributed by atoms with van der Waals surface area (Å²) in [6.45, 7) is -0.244. The van der Waals surface area contributed by atoms with Crippen molar-refractivity contribution in [3.8, 4) is 11.4 Å². The number of H-pyrrole nitrogens is 1. The fourth-order valence-electron chi connectivity index (χ4n) is 3.18. The van der Waals surface area contributed by atoms with Gasteiger partial charge in [-0.1, -0.05) is 35.5 Å². The summed E-state index contributed by atoms with van der Waals surface area (Å²) < 4.78 is 22.2. The van der Waals surface area contributed by atoms with E-state index in [0.717, 1.165) is 17.1 Å². The lowest BCUT2D eigenvalue weighted by atomic mass is 10.1. The van der Waals surface area contributed by atoms with Gasteiger partial charge in [-0.3, -0.25) is 4.52 Å². The lowest BCUT2D eigenvalue weighted by Gasteiger charge is -2.14. The van der Waals surface area contributed by atoms with Crippen molar-refractivity contribution >= 4 is 7.82 Å². The number of aromatic amines is 1. The minimum absolute atomic E-state index is 0.267. The highest BCUT2D eigenvalue weighted by molar-refractivity contribution is 7.46. The number of hydrogen-bond acceptors (Lipinski definition) is 8. The Morgan fingerprint density at radius 2 is 1.97 bits per heavy atom. The van der Waals surface area contributed by atoms with E-state index in [1.54, 1.807) is 12.4 Å². The second-order valence-corrected chi connectivity index (χ2v) is 8.07. The van der Waals surface area contributed by atoms with Crippen LogP contribution in [-0.4, -0.2) is 69.9 Å². The van der Waals surface area contributed by atoms with Gasteiger partial charge in [-0.15, -0.1) is 5.10 Å². The normalized spacial score (nSPS) is 24.4. The van der Waals surface area contributed by atoms with Crippen LogP contribution in [-0.2, 0) is 20.4 Å². The van der Waals surface area contributed by atoms with Crippen LogP contribution in [0.25, 0.3) is 11.4 Å². The maximum absolute atomic E-state index is 10.8. The van der Waals surface area contributed by atoms with E-state index in [1.165, 1.54) is 4.68 Å². The predicted octanol–water partition coefficient (Wildman–Crippen LogP) is -0.0125. The monoisotopic (exact) mass is 437 g/mol. The summed E-state index contributed by atoms with van der Waals surface area (Å²) in [5.41, 5.74) is 2.00. The lowest BCUT2D eigenvalue weighted by molar-refractivity contribution is -0.0235. The van der Waals surface area contributed by atoms with Gasteiger partial charge in [0.15, 0.2) is 0 Å². The SMILES string of the molecule is O=P(O)(O)OC[C@H]1O[C@@H](c2cn(Cc3cnc(-c4ccccc4)[nH]3)nn2)[C@H](O)[C@@H]1O. The van der Waals surface area contributed by atoms with Gasteiger partial charge in [-0.25, -0.2) is 14.2 Å². The van der Waals surface area contributed by atoms with Crippen molar-refractivity contribution in [3.05, 3.63) is 54.1 Å². The molecule has 13 heteroatoms. The Balaban J connectivity index is 1.42. The molecule has 30 heavy (non-hydrogen) atoms. The van der Waals surface area contributed by atoms with Crippen LogP contribution < -0.4 is 0 Å². The second kappa shape index (κ2) is 8.36. The van der Waals surface area contributed by atoms with Crippen molar-refractivity contribution < 1.29 is 33.8 Å². The summed E-state index contributed by atoms with van der Waals surface area (Å²) >= 11 is 0. The van der Waals surface area contributed by atoms with Crippen LogP contribution in [0.2, 0.25) is 0 Å². The molecule has 4 atom stereocenters. The van der Waals surface area contributed by atoms with Crippen molar-refractivity contribution in [2.45, 2.75) is 31.0 Å². The standard InChI is InChI=1S/C17H20N5O7P/c23-14-13(9-28-30(25,26)27)29-16(15(14)24)12-8-22(21-20-12)7-11-6-18-17(19-11)10-4-2-1-3-5-10/h1-6,8,13-16,23-24H,7,9H2,(H,18,19)(H2,25,26,27)/t13-,14-,15-,16+/m1/s1. The Morgan fingerprint density at radius 3 is 2.70 bits per heavy atom. The molecule has 12 nitrogen and oxygen atoms in total. The molecule has 0 aliphatic carbocycles. The van der Waals surface area contributed by atoms with E-state index in [9.17, 15) is 14.8 Å². The van der Waals surface area contributed by atoms with E-state index in [0.29, 0.717) is 6.54 Å². The van der Waals surface area contributed by atoms with Gasteiger partial charge in [0.25, 0.3) is 0 Å². The van der Waals surface area contributed by atoms with Gasteiger partial charge in [0.05, 0.1) is 31.2 Å². The molecule has 4 rings (SSSR count). The molecule has 0 saturated carbocycles. The highest BCUT2D eigenvalue weighted by Gasteiger charge is 2.45. The van der Waals surface area contributed by atoms with Crippen molar-refractivity contribution in [3.63, 3.8) is 0 Å².